The minimum absolute atomic E-state index is 0.297. The second kappa shape index (κ2) is 8.48. The highest BCUT2D eigenvalue weighted by Crippen LogP contribution is 2.45. The van der Waals surface area contributed by atoms with Crippen molar-refractivity contribution in [1.29, 1.82) is 0 Å². The summed E-state index contributed by atoms with van der Waals surface area (Å²) in [5, 5.41) is 8.93. The van der Waals surface area contributed by atoms with Gasteiger partial charge >= 0.3 is 5.97 Å². The molecule has 2 aliphatic heterocycles. The van der Waals surface area contributed by atoms with E-state index in [2.05, 4.69) is 17.0 Å². The fourth-order valence-electron chi connectivity index (χ4n) is 4.75. The number of rotatable bonds is 4. The third-order valence-electron chi connectivity index (χ3n) is 6.46. The van der Waals surface area contributed by atoms with Gasteiger partial charge in [0.2, 0.25) is 0 Å². The maximum absolute atomic E-state index is 12.4. The summed E-state index contributed by atoms with van der Waals surface area (Å²) in [4.78, 5) is 27.4. The summed E-state index contributed by atoms with van der Waals surface area (Å²) in [6.07, 6.45) is 11.4. The lowest BCUT2D eigenvalue weighted by Gasteiger charge is -2.45. The average molecular weight is 431 g/mol. The van der Waals surface area contributed by atoms with Gasteiger partial charge in [0.05, 0.1) is 4.91 Å². The highest BCUT2D eigenvalue weighted by molar-refractivity contribution is 8.26. The van der Waals surface area contributed by atoms with Gasteiger partial charge in [0.15, 0.2) is 0 Å². The van der Waals surface area contributed by atoms with Crippen molar-refractivity contribution in [3.8, 4) is 0 Å². The number of hydrogen-bond acceptors (Lipinski definition) is 5. The fraction of sp³-hybridized carbons (Fsp3) is 0.500. The Morgan fingerprint density at radius 1 is 1.10 bits per heavy atom. The number of carbonyl (C=O) groups excluding carboxylic acids is 1. The van der Waals surface area contributed by atoms with Gasteiger partial charge in [-0.3, -0.25) is 14.5 Å². The number of benzene rings is 1. The number of carbonyl (C=O) groups is 2. The summed E-state index contributed by atoms with van der Waals surface area (Å²) in [6.45, 7) is 1.85. The zero-order chi connectivity index (χ0) is 20.4. The Morgan fingerprint density at radius 3 is 2.38 bits per heavy atom. The number of thioether (sulfide) groups is 1. The Labute approximate surface area is 181 Å². The van der Waals surface area contributed by atoms with E-state index >= 15 is 0 Å². The smallest absolute Gasteiger partial charge is 0.323 e. The second-order valence-electron chi connectivity index (χ2n) is 8.30. The van der Waals surface area contributed by atoms with Crippen LogP contribution in [-0.2, 0) is 9.59 Å². The molecule has 154 valence electrons. The lowest BCUT2D eigenvalue weighted by atomic mass is 9.68. The molecule has 3 aliphatic rings. The molecule has 1 amide bonds. The third-order valence-corrected chi connectivity index (χ3v) is 7.84. The van der Waals surface area contributed by atoms with Crippen LogP contribution in [-0.4, -0.2) is 45.8 Å². The number of nitrogens with zero attached hydrogens (tertiary/aromatic N) is 2. The van der Waals surface area contributed by atoms with E-state index in [0.717, 1.165) is 35.3 Å². The lowest BCUT2D eigenvalue weighted by Crippen LogP contribution is -2.41. The first-order valence-electron chi connectivity index (χ1n) is 10.3. The number of hydrogen-bond donors (Lipinski definition) is 1. The Hall–Kier alpha value is -1.86. The van der Waals surface area contributed by atoms with Crippen LogP contribution in [0.25, 0.3) is 6.08 Å². The number of aliphatic carboxylic acids is 1. The number of thiocarbonyl (C=S) groups is 1. The van der Waals surface area contributed by atoms with E-state index in [-0.39, 0.29) is 5.91 Å². The van der Waals surface area contributed by atoms with Crippen LogP contribution in [0.5, 0.6) is 0 Å². The third kappa shape index (κ3) is 4.51. The van der Waals surface area contributed by atoms with Gasteiger partial charge in [-0.1, -0.05) is 55.4 Å². The summed E-state index contributed by atoms with van der Waals surface area (Å²) in [7, 11) is 0. The first kappa shape index (κ1) is 20.4. The summed E-state index contributed by atoms with van der Waals surface area (Å²) in [5.74, 6) is -1.40. The number of anilines is 1. The normalized spacial score (nSPS) is 23.2. The average Bonchev–Trinajstić information content (AvgIpc) is 2.97. The van der Waals surface area contributed by atoms with Crippen molar-refractivity contribution in [3.05, 3.63) is 34.7 Å². The van der Waals surface area contributed by atoms with E-state index in [0.29, 0.717) is 14.6 Å². The Kier molecular flexibility index (Phi) is 5.97. The van der Waals surface area contributed by atoms with Crippen molar-refractivity contribution in [2.75, 3.05) is 24.5 Å². The molecule has 0 unspecified atom stereocenters. The van der Waals surface area contributed by atoms with E-state index in [4.69, 9.17) is 17.3 Å². The SMILES string of the molecule is O=C(O)CN1C(=O)/C(=C/c2ccc(N3CCC4(CCCCC4)CC3)cc2)SC1=S. The number of carboxylic acids is 1. The summed E-state index contributed by atoms with van der Waals surface area (Å²) in [5.41, 5.74) is 2.75. The topological polar surface area (TPSA) is 60.9 Å². The van der Waals surface area contributed by atoms with Gasteiger partial charge in [-0.2, -0.15) is 0 Å². The van der Waals surface area contributed by atoms with Crippen LogP contribution in [0.4, 0.5) is 5.69 Å². The molecule has 1 aromatic rings. The summed E-state index contributed by atoms with van der Waals surface area (Å²) in [6, 6.07) is 8.26. The Balaban J connectivity index is 1.40. The van der Waals surface area contributed by atoms with E-state index in [9.17, 15) is 9.59 Å². The number of piperidine rings is 1. The minimum atomic E-state index is -1.07. The molecular weight excluding hydrogens is 404 g/mol. The monoisotopic (exact) mass is 430 g/mol. The highest BCUT2D eigenvalue weighted by atomic mass is 32.2. The minimum Gasteiger partial charge on any atom is -0.480 e. The number of amides is 1. The van der Waals surface area contributed by atoms with Crippen LogP contribution in [0, 0.1) is 5.41 Å². The lowest BCUT2D eigenvalue weighted by molar-refractivity contribution is -0.140. The molecule has 1 aliphatic carbocycles. The molecule has 2 saturated heterocycles. The van der Waals surface area contributed by atoms with Gasteiger partial charge in [-0.05, 0) is 54.9 Å². The fourth-order valence-corrected chi connectivity index (χ4v) is 6.00. The first-order chi connectivity index (χ1) is 14.0. The molecule has 29 heavy (non-hydrogen) atoms. The predicted molar refractivity (Wildman–Crippen MR) is 121 cm³/mol. The van der Waals surface area contributed by atoms with Crippen LogP contribution in [0.15, 0.2) is 29.2 Å². The van der Waals surface area contributed by atoms with Crippen LogP contribution in [0.3, 0.4) is 0 Å². The molecule has 4 rings (SSSR count). The van der Waals surface area contributed by atoms with Crippen LogP contribution < -0.4 is 4.90 Å². The van der Waals surface area contributed by atoms with Crippen molar-refractivity contribution in [1.82, 2.24) is 4.90 Å². The molecule has 0 bridgehead atoms. The van der Waals surface area contributed by atoms with Crippen molar-refractivity contribution in [3.63, 3.8) is 0 Å². The Bertz CT molecular complexity index is 834. The first-order valence-corrected chi connectivity index (χ1v) is 11.5. The van der Waals surface area contributed by atoms with E-state index < -0.39 is 12.5 Å². The maximum Gasteiger partial charge on any atom is 0.323 e. The van der Waals surface area contributed by atoms with Gasteiger partial charge in [0, 0.05) is 18.8 Å². The quantitative estimate of drug-likeness (QED) is 0.560. The second-order valence-corrected chi connectivity index (χ2v) is 9.98. The molecule has 1 saturated carbocycles. The van der Waals surface area contributed by atoms with Crippen molar-refractivity contribution in [2.24, 2.45) is 5.41 Å². The molecule has 1 N–H and O–H groups in total. The van der Waals surface area contributed by atoms with Gasteiger partial charge in [-0.25, -0.2) is 0 Å². The molecule has 0 atom stereocenters. The molecule has 5 nitrogen and oxygen atoms in total. The van der Waals surface area contributed by atoms with Crippen LogP contribution >= 0.6 is 24.0 Å². The molecule has 2 heterocycles. The zero-order valence-corrected chi connectivity index (χ0v) is 18.1. The standard InChI is InChI=1S/C22H26N2O3S2/c25-19(26)15-24-20(27)18(29-21(24)28)14-16-4-6-17(7-5-16)23-12-10-22(11-13-23)8-2-1-3-9-22/h4-7,14H,1-3,8-13,15H2,(H,25,26)/b18-14-. The Morgan fingerprint density at radius 2 is 1.76 bits per heavy atom. The summed E-state index contributed by atoms with van der Waals surface area (Å²) < 4.78 is 0.297. The van der Waals surface area contributed by atoms with Crippen LogP contribution in [0.1, 0.15) is 50.5 Å². The van der Waals surface area contributed by atoms with Crippen molar-refractivity contribution >= 4 is 51.9 Å². The maximum atomic E-state index is 12.4. The zero-order valence-electron chi connectivity index (χ0n) is 16.4. The van der Waals surface area contributed by atoms with Crippen LogP contribution in [0.2, 0.25) is 0 Å². The molecule has 1 spiro atoms. The van der Waals surface area contributed by atoms with E-state index in [1.807, 2.05) is 12.1 Å². The van der Waals surface area contributed by atoms with Gasteiger partial charge in [0.25, 0.3) is 5.91 Å². The molecule has 3 fully saturated rings. The van der Waals surface area contributed by atoms with Gasteiger partial charge in [-0.15, -0.1) is 0 Å². The largest absolute Gasteiger partial charge is 0.480 e. The van der Waals surface area contributed by atoms with Crippen molar-refractivity contribution < 1.29 is 14.7 Å². The van der Waals surface area contributed by atoms with Crippen molar-refractivity contribution in [2.45, 2.75) is 44.9 Å². The molecule has 1 aromatic carbocycles. The highest BCUT2D eigenvalue weighted by Gasteiger charge is 2.36. The molecule has 0 aromatic heterocycles. The van der Waals surface area contributed by atoms with E-state index in [1.165, 1.54) is 50.6 Å². The molecule has 7 heteroatoms. The predicted octanol–water partition coefficient (Wildman–Crippen LogP) is 4.52. The van der Waals surface area contributed by atoms with Gasteiger partial charge in [0.1, 0.15) is 10.9 Å². The number of carboxylic acid groups (broad SMARTS) is 1. The van der Waals surface area contributed by atoms with Gasteiger partial charge < -0.3 is 10.0 Å². The summed E-state index contributed by atoms with van der Waals surface area (Å²) >= 11 is 6.30. The molecule has 0 radical (unpaired) electrons. The van der Waals surface area contributed by atoms with E-state index in [1.54, 1.807) is 6.08 Å². The molecular formula is C22H26N2O3S2.